The van der Waals surface area contributed by atoms with Gasteiger partial charge in [-0.05, 0) is 38.6 Å². The third-order valence-corrected chi connectivity index (χ3v) is 6.18. The zero-order chi connectivity index (χ0) is 15.5. The third kappa shape index (κ3) is 3.64. The summed E-state index contributed by atoms with van der Waals surface area (Å²) in [5, 5.41) is 10.1. The lowest BCUT2D eigenvalue weighted by Crippen LogP contribution is -2.33. The molecular weight excluding hydrogens is 288 g/mol. The quantitative estimate of drug-likeness (QED) is 0.866. The summed E-state index contributed by atoms with van der Waals surface area (Å²) < 4.78 is 27.5. The van der Waals surface area contributed by atoms with Gasteiger partial charge in [-0.15, -0.1) is 0 Å². The molecule has 0 saturated carbocycles. The zero-order valence-electron chi connectivity index (χ0n) is 13.1. The van der Waals surface area contributed by atoms with E-state index in [1.165, 1.54) is 0 Å². The van der Waals surface area contributed by atoms with E-state index in [1.807, 2.05) is 6.92 Å². The molecule has 0 aliphatic carbocycles. The van der Waals surface area contributed by atoms with Crippen LogP contribution in [0.2, 0.25) is 0 Å². The molecule has 1 atom stereocenters. The summed E-state index contributed by atoms with van der Waals surface area (Å²) in [7, 11) is -3.46. The van der Waals surface area contributed by atoms with Gasteiger partial charge < -0.3 is 5.32 Å². The van der Waals surface area contributed by atoms with Crippen LogP contribution in [0.3, 0.4) is 0 Å². The number of nitrogens with one attached hydrogen (secondary N) is 2. The molecule has 7 heteroatoms. The number of nitrogens with zero attached hydrogens (tertiary/aromatic N) is 2. The molecule has 1 saturated heterocycles. The summed E-state index contributed by atoms with van der Waals surface area (Å²) >= 11 is 0. The second kappa shape index (κ2) is 6.89. The Balaban J connectivity index is 2.28. The first-order valence-corrected chi connectivity index (χ1v) is 9.15. The molecule has 1 fully saturated rings. The van der Waals surface area contributed by atoms with Crippen molar-refractivity contribution in [2.45, 2.75) is 51.5 Å². The van der Waals surface area contributed by atoms with Crippen LogP contribution in [0, 0.1) is 12.8 Å². The predicted molar refractivity (Wildman–Crippen MR) is 82.5 cm³/mol. The van der Waals surface area contributed by atoms with Gasteiger partial charge in [-0.3, -0.25) is 5.10 Å². The SMILES string of the molecule is CCNCc1n[nH]c(C)c1S(=O)(=O)N1CCCC(C)CC1. The smallest absolute Gasteiger partial charge is 0.246 e. The predicted octanol–water partition coefficient (Wildman–Crippen LogP) is 1.64. The summed E-state index contributed by atoms with van der Waals surface area (Å²) in [6.07, 6.45) is 2.96. The van der Waals surface area contributed by atoms with Gasteiger partial charge >= 0.3 is 0 Å². The van der Waals surface area contributed by atoms with E-state index in [0.29, 0.717) is 41.8 Å². The van der Waals surface area contributed by atoms with Crippen LogP contribution in [0.25, 0.3) is 0 Å². The van der Waals surface area contributed by atoms with Crippen LogP contribution in [0.5, 0.6) is 0 Å². The summed E-state index contributed by atoms with van der Waals surface area (Å²) in [6.45, 7) is 8.43. The van der Waals surface area contributed by atoms with Crippen LogP contribution in [0.15, 0.2) is 4.90 Å². The topological polar surface area (TPSA) is 78.1 Å². The lowest BCUT2D eigenvalue weighted by atomic mass is 10.0. The normalized spacial score (nSPS) is 21.4. The minimum atomic E-state index is -3.46. The van der Waals surface area contributed by atoms with Crippen molar-refractivity contribution in [3.05, 3.63) is 11.4 Å². The number of hydrogen-bond donors (Lipinski definition) is 2. The van der Waals surface area contributed by atoms with Crippen molar-refractivity contribution in [3.63, 3.8) is 0 Å². The molecule has 2 rings (SSSR count). The Morgan fingerprint density at radius 1 is 1.38 bits per heavy atom. The third-order valence-electron chi connectivity index (χ3n) is 4.08. The van der Waals surface area contributed by atoms with E-state index in [4.69, 9.17) is 0 Å². The maximum absolute atomic E-state index is 13.0. The lowest BCUT2D eigenvalue weighted by molar-refractivity contribution is 0.416. The van der Waals surface area contributed by atoms with Crippen LogP contribution in [-0.2, 0) is 16.6 Å². The second-order valence-corrected chi connectivity index (χ2v) is 7.72. The van der Waals surface area contributed by atoms with Gasteiger partial charge in [-0.1, -0.05) is 13.8 Å². The van der Waals surface area contributed by atoms with Crippen LogP contribution in [0.1, 0.15) is 44.5 Å². The summed E-state index contributed by atoms with van der Waals surface area (Å²) in [5.74, 6) is 0.594. The van der Waals surface area contributed by atoms with E-state index in [0.717, 1.165) is 25.8 Å². The number of aromatic nitrogens is 2. The van der Waals surface area contributed by atoms with Crippen molar-refractivity contribution in [2.24, 2.45) is 5.92 Å². The van der Waals surface area contributed by atoms with Gasteiger partial charge in [0.25, 0.3) is 0 Å². The highest BCUT2D eigenvalue weighted by Crippen LogP contribution is 2.26. The number of H-pyrrole nitrogens is 1. The molecule has 0 amide bonds. The number of aromatic amines is 1. The Morgan fingerprint density at radius 3 is 2.86 bits per heavy atom. The van der Waals surface area contributed by atoms with E-state index in [9.17, 15) is 8.42 Å². The average Bonchev–Trinajstić information content (AvgIpc) is 2.66. The van der Waals surface area contributed by atoms with E-state index in [-0.39, 0.29) is 0 Å². The fraction of sp³-hybridized carbons (Fsp3) is 0.786. The molecule has 1 unspecified atom stereocenters. The fourth-order valence-electron chi connectivity index (χ4n) is 2.78. The zero-order valence-corrected chi connectivity index (χ0v) is 14.0. The maximum atomic E-state index is 13.0. The van der Waals surface area contributed by atoms with Gasteiger partial charge in [0.15, 0.2) is 0 Å². The van der Waals surface area contributed by atoms with E-state index < -0.39 is 10.0 Å². The molecule has 6 nitrogen and oxygen atoms in total. The number of rotatable bonds is 5. The van der Waals surface area contributed by atoms with Crippen molar-refractivity contribution in [1.29, 1.82) is 0 Å². The van der Waals surface area contributed by atoms with Crippen LogP contribution in [0.4, 0.5) is 0 Å². The second-order valence-electron chi connectivity index (χ2n) is 5.84. The molecule has 1 aromatic rings. The summed E-state index contributed by atoms with van der Waals surface area (Å²) in [6, 6.07) is 0. The number of sulfonamides is 1. The molecular formula is C14H26N4O2S. The molecule has 0 spiro atoms. The molecule has 120 valence electrons. The number of hydrogen-bond acceptors (Lipinski definition) is 4. The highest BCUT2D eigenvalue weighted by atomic mass is 32.2. The van der Waals surface area contributed by atoms with E-state index >= 15 is 0 Å². The lowest BCUT2D eigenvalue weighted by Gasteiger charge is -2.20. The summed E-state index contributed by atoms with van der Waals surface area (Å²) in [4.78, 5) is 0.359. The fourth-order valence-corrected chi connectivity index (χ4v) is 4.60. The van der Waals surface area contributed by atoms with Gasteiger partial charge in [0.05, 0.1) is 11.4 Å². The Bertz CT molecular complexity index is 568. The highest BCUT2D eigenvalue weighted by Gasteiger charge is 2.31. The Morgan fingerprint density at radius 2 is 2.14 bits per heavy atom. The molecule has 0 radical (unpaired) electrons. The molecule has 2 N–H and O–H groups in total. The molecule has 1 aromatic heterocycles. The van der Waals surface area contributed by atoms with Crippen molar-refractivity contribution in [1.82, 2.24) is 19.8 Å². The van der Waals surface area contributed by atoms with Crippen molar-refractivity contribution >= 4 is 10.0 Å². The minimum absolute atomic E-state index is 0.359. The van der Waals surface area contributed by atoms with E-state index in [2.05, 4.69) is 22.4 Å². The molecule has 1 aliphatic heterocycles. The van der Waals surface area contributed by atoms with Crippen LogP contribution in [-0.4, -0.2) is 42.6 Å². The Hall–Kier alpha value is -0.920. The number of aryl methyl sites for hydroxylation is 1. The Kier molecular flexibility index (Phi) is 5.40. The van der Waals surface area contributed by atoms with Crippen LogP contribution < -0.4 is 5.32 Å². The first kappa shape index (κ1) is 16.5. The molecule has 0 aromatic carbocycles. The van der Waals surface area contributed by atoms with Gasteiger partial charge in [-0.25, -0.2) is 8.42 Å². The Labute approximate surface area is 127 Å². The molecule has 21 heavy (non-hydrogen) atoms. The van der Waals surface area contributed by atoms with E-state index in [1.54, 1.807) is 11.2 Å². The van der Waals surface area contributed by atoms with Gasteiger partial charge in [0, 0.05) is 19.6 Å². The van der Waals surface area contributed by atoms with Crippen molar-refractivity contribution in [2.75, 3.05) is 19.6 Å². The molecule has 0 bridgehead atoms. The maximum Gasteiger partial charge on any atom is 0.246 e. The van der Waals surface area contributed by atoms with Gasteiger partial charge in [-0.2, -0.15) is 9.40 Å². The van der Waals surface area contributed by atoms with Gasteiger partial charge in [0.2, 0.25) is 10.0 Å². The standard InChI is InChI=1S/C14H26N4O2S/c1-4-15-10-13-14(12(3)16-17-13)21(19,20)18-8-5-6-11(2)7-9-18/h11,15H,4-10H2,1-3H3,(H,16,17). The molecule has 2 heterocycles. The largest absolute Gasteiger partial charge is 0.311 e. The monoisotopic (exact) mass is 314 g/mol. The van der Waals surface area contributed by atoms with Crippen LogP contribution >= 0.6 is 0 Å². The summed E-state index contributed by atoms with van der Waals surface area (Å²) in [5.41, 5.74) is 1.21. The van der Waals surface area contributed by atoms with Gasteiger partial charge in [0.1, 0.15) is 4.90 Å². The first-order chi connectivity index (χ1) is 9.96. The highest BCUT2D eigenvalue weighted by molar-refractivity contribution is 7.89. The van der Waals surface area contributed by atoms with Crippen molar-refractivity contribution in [3.8, 4) is 0 Å². The molecule has 1 aliphatic rings. The first-order valence-electron chi connectivity index (χ1n) is 7.71. The minimum Gasteiger partial charge on any atom is -0.311 e. The van der Waals surface area contributed by atoms with Crippen molar-refractivity contribution < 1.29 is 8.42 Å². The average molecular weight is 314 g/mol.